The van der Waals surface area contributed by atoms with Gasteiger partial charge in [0.1, 0.15) is 17.1 Å². The molecule has 0 radical (unpaired) electrons. The van der Waals surface area contributed by atoms with Gasteiger partial charge in [-0.2, -0.15) is 0 Å². The Morgan fingerprint density at radius 1 is 0.980 bits per heavy atom. The molecule has 1 aromatic heterocycles. The first-order valence-electron chi connectivity index (χ1n) is 15.2. The molecule has 4 unspecified atom stereocenters. The number of epoxide rings is 1. The summed E-state index contributed by atoms with van der Waals surface area (Å²) in [5.41, 5.74) is 11.6. The van der Waals surface area contributed by atoms with E-state index in [9.17, 15) is 14.7 Å². The van der Waals surface area contributed by atoms with E-state index >= 15 is 0 Å². The maximum absolute atomic E-state index is 14.0. The van der Waals surface area contributed by atoms with Gasteiger partial charge in [-0.05, 0) is 70.2 Å². The normalized spacial score (nSPS) is 15.5. The average Bonchev–Trinajstić information content (AvgIpc) is 3.81. The van der Waals surface area contributed by atoms with Crippen molar-refractivity contribution >= 4 is 45.3 Å². The molecule has 4 N–H and O–H groups in total. The molecule has 4 atom stereocenters. The number of hydrogen-bond acceptors (Lipinski definition) is 6. The molecule has 5 rings (SSSR count). The van der Waals surface area contributed by atoms with Gasteiger partial charge in [-0.1, -0.05) is 76.6 Å². The predicted molar refractivity (Wildman–Crippen MR) is 212 cm³/mol. The number of aryl methyl sites for hydroxylation is 2. The Kier molecular flexibility index (Phi) is 20.5. The average molecular weight is 731 g/mol. The fraction of sp³-hybridized carbons (Fsp3) is 0.512. The lowest BCUT2D eigenvalue weighted by Gasteiger charge is -2.37. The third-order valence-electron chi connectivity index (χ3n) is 9.00. The summed E-state index contributed by atoms with van der Waals surface area (Å²) in [6.07, 6.45) is 0.716. The van der Waals surface area contributed by atoms with E-state index in [0.717, 1.165) is 38.9 Å². The number of carboxylic acid groups (broad SMARTS) is 1. The number of hydrogen-bond donors (Lipinski definition) is 3. The molecule has 1 aliphatic heterocycles. The first-order chi connectivity index (χ1) is 20.8. The molecule has 1 fully saturated rings. The van der Waals surface area contributed by atoms with Crippen molar-refractivity contribution in [1.29, 1.82) is 0 Å². The summed E-state index contributed by atoms with van der Waals surface area (Å²) in [4.78, 5) is 31.6. The molecule has 1 aliphatic rings. The van der Waals surface area contributed by atoms with Gasteiger partial charge in [0, 0.05) is 35.4 Å². The largest absolute Gasteiger partial charge is 1.00 e. The number of carbonyl (C=O) groups excluding carboxylic acids is 1. The first-order valence-corrected chi connectivity index (χ1v) is 15.2. The fourth-order valence-electron chi connectivity index (χ4n) is 6.03. The van der Waals surface area contributed by atoms with Gasteiger partial charge in [0.25, 0.3) is 0 Å². The summed E-state index contributed by atoms with van der Waals surface area (Å²) in [5, 5.41) is 13.5. The number of aromatic nitrogens is 2. The van der Waals surface area contributed by atoms with Crippen molar-refractivity contribution < 1.29 is 41.1 Å². The van der Waals surface area contributed by atoms with Crippen molar-refractivity contribution in [3.63, 3.8) is 0 Å². The molecule has 0 bridgehead atoms. The van der Waals surface area contributed by atoms with Gasteiger partial charge in [-0.15, -0.1) is 4.57 Å². The number of rotatable bonds is 12. The second kappa shape index (κ2) is 20.3. The number of nitrogen functional groups attached to an aromatic ring is 1. The second-order valence-corrected chi connectivity index (χ2v) is 12.9. The Hall–Kier alpha value is -3.79. The number of benzene rings is 3. The van der Waals surface area contributed by atoms with Crippen LogP contribution >= 0.6 is 0 Å². The minimum absolute atomic E-state index is 0. The number of para-hydroxylation sites is 1. The standard InChI is InChI=1S/C35H42N4O5.6CH4.ClH/c1-7-34(5,20-35(6,33(41)42)17-23(4)43-18-25-19-44-25)32(40)38-27-16-31-29(14-22(27)3)37-28-13-21(2)26(36)15-30(28)39(31)24-11-9-8-10-12-24;;;;;;;/h8-16,23,25H,7,17-20H2,1-6H3,(H3,36,38,40,41,42);6*1H4;1H. The summed E-state index contributed by atoms with van der Waals surface area (Å²) in [5.74, 6) is -1.17. The maximum atomic E-state index is 14.0. The molecule has 4 aromatic rings. The third-order valence-corrected chi connectivity index (χ3v) is 9.00. The number of anilines is 2. The number of ether oxygens (including phenoxy) is 2. The van der Waals surface area contributed by atoms with Gasteiger partial charge in [-0.25, -0.2) is 4.98 Å². The van der Waals surface area contributed by atoms with Crippen LogP contribution in [-0.2, 0) is 19.1 Å². The van der Waals surface area contributed by atoms with Gasteiger partial charge in [0.05, 0.1) is 30.4 Å². The minimum Gasteiger partial charge on any atom is -1.00 e. The second-order valence-electron chi connectivity index (χ2n) is 12.9. The zero-order valence-corrected chi connectivity index (χ0v) is 27.6. The molecule has 9 nitrogen and oxygen atoms in total. The number of carbonyl (C=O) groups is 2. The van der Waals surface area contributed by atoms with Crippen molar-refractivity contribution in [3.8, 4) is 5.69 Å². The molecular formula is C41H67ClN4O5. The van der Waals surface area contributed by atoms with E-state index in [0.29, 0.717) is 31.0 Å². The van der Waals surface area contributed by atoms with Crippen LogP contribution in [0.1, 0.15) is 103 Å². The quantitative estimate of drug-likeness (QED) is 0.0639. The van der Waals surface area contributed by atoms with Crippen LogP contribution in [-0.4, -0.2) is 47.4 Å². The maximum Gasteiger partial charge on any atom is 0.309 e. The molecule has 2 heterocycles. The smallest absolute Gasteiger partial charge is 0.309 e. The van der Waals surface area contributed by atoms with Crippen LogP contribution in [0.4, 0.5) is 11.4 Å². The topological polar surface area (TPSA) is 131 Å². The molecular weight excluding hydrogens is 664 g/mol. The van der Waals surface area contributed by atoms with Gasteiger partial charge in [-0.3, -0.25) is 9.59 Å². The Labute approximate surface area is 314 Å². The molecule has 3 aromatic carbocycles. The summed E-state index contributed by atoms with van der Waals surface area (Å²) in [6.45, 7) is 12.4. The highest BCUT2D eigenvalue weighted by Crippen LogP contribution is 2.42. The van der Waals surface area contributed by atoms with Crippen molar-refractivity contribution in [1.82, 2.24) is 4.98 Å². The molecule has 288 valence electrons. The molecule has 0 saturated carbocycles. The van der Waals surface area contributed by atoms with Gasteiger partial charge < -0.3 is 38.0 Å². The van der Waals surface area contributed by atoms with E-state index in [1.807, 2.05) is 89.2 Å². The van der Waals surface area contributed by atoms with Crippen molar-refractivity contribution in [2.24, 2.45) is 10.8 Å². The number of nitrogens with one attached hydrogen (secondary N) is 1. The van der Waals surface area contributed by atoms with Crippen LogP contribution in [0.3, 0.4) is 0 Å². The summed E-state index contributed by atoms with van der Waals surface area (Å²) < 4.78 is 13.2. The number of fused-ring (bicyclic) bond motifs is 2. The van der Waals surface area contributed by atoms with Crippen molar-refractivity contribution in [3.05, 3.63) is 65.7 Å². The van der Waals surface area contributed by atoms with E-state index in [1.54, 1.807) is 6.92 Å². The number of nitrogens with zero attached hydrogens (tertiary/aromatic N) is 2. The molecule has 0 aliphatic carbocycles. The monoisotopic (exact) mass is 730 g/mol. The summed E-state index contributed by atoms with van der Waals surface area (Å²) in [7, 11) is 0. The zero-order valence-electron chi connectivity index (χ0n) is 26.8. The van der Waals surface area contributed by atoms with Crippen LogP contribution < -0.4 is 28.0 Å². The number of nitrogens with two attached hydrogens (primary N) is 1. The Morgan fingerprint density at radius 3 is 2.06 bits per heavy atom. The lowest BCUT2D eigenvalue weighted by molar-refractivity contribution is -0.538. The van der Waals surface area contributed by atoms with E-state index in [4.69, 9.17) is 20.2 Å². The van der Waals surface area contributed by atoms with Crippen LogP contribution in [0.2, 0.25) is 0 Å². The number of carboxylic acids is 1. The van der Waals surface area contributed by atoms with Crippen molar-refractivity contribution in [2.75, 3.05) is 24.3 Å². The van der Waals surface area contributed by atoms with Gasteiger partial charge in [0.15, 0.2) is 0 Å². The van der Waals surface area contributed by atoms with E-state index in [-0.39, 0.29) is 87.9 Å². The fourth-order valence-corrected chi connectivity index (χ4v) is 6.03. The van der Waals surface area contributed by atoms with Gasteiger partial charge in [0.2, 0.25) is 22.6 Å². The Morgan fingerprint density at radius 2 is 1.53 bits per heavy atom. The predicted octanol–water partition coefficient (Wildman–Crippen LogP) is 6.71. The molecule has 1 amide bonds. The van der Waals surface area contributed by atoms with Gasteiger partial charge >= 0.3 is 5.97 Å². The van der Waals surface area contributed by atoms with Crippen molar-refractivity contribution in [2.45, 2.75) is 118 Å². The number of amides is 1. The highest BCUT2D eigenvalue weighted by atomic mass is 35.5. The Balaban J connectivity index is -0.00000329. The van der Waals surface area contributed by atoms with E-state index in [2.05, 4.69) is 9.88 Å². The van der Waals surface area contributed by atoms with E-state index in [1.165, 1.54) is 0 Å². The van der Waals surface area contributed by atoms with Crippen LogP contribution in [0.5, 0.6) is 0 Å². The van der Waals surface area contributed by atoms with E-state index < -0.39 is 16.8 Å². The summed E-state index contributed by atoms with van der Waals surface area (Å²) in [6, 6.07) is 17.8. The molecule has 1 saturated heterocycles. The first kappa shape index (κ1) is 51.6. The highest BCUT2D eigenvalue weighted by Gasteiger charge is 2.45. The summed E-state index contributed by atoms with van der Waals surface area (Å²) >= 11 is 0. The van der Waals surface area contributed by atoms with Crippen LogP contribution in [0.15, 0.2) is 54.6 Å². The Bertz CT molecular complexity index is 1730. The minimum atomic E-state index is -1.17. The number of halogens is 1. The number of aliphatic carboxylic acids is 1. The molecule has 51 heavy (non-hydrogen) atoms. The molecule has 10 heteroatoms. The van der Waals surface area contributed by atoms with Crippen LogP contribution in [0.25, 0.3) is 27.8 Å². The lowest BCUT2D eigenvalue weighted by Crippen LogP contribution is -3.00. The molecule has 0 spiro atoms. The zero-order chi connectivity index (χ0) is 31.8. The SMILES string of the molecule is C.C.C.C.C.C.CCC(C)(CC(C)(CC(C)OCC1CO1)C(=O)O)C(=O)Nc1cc2c(cc1C)nc1cc(C)c(N)cc1[n+]2-c1ccccc1.[Cl-]. The van der Waals surface area contributed by atoms with Crippen LogP contribution in [0, 0.1) is 24.7 Å². The highest BCUT2D eigenvalue weighted by molar-refractivity contribution is 5.98. The lowest BCUT2D eigenvalue weighted by atomic mass is 9.68. The third kappa shape index (κ3) is 11.1.